The first-order chi connectivity index (χ1) is 11.1. The minimum absolute atomic E-state index is 0.101. The molecule has 6 heteroatoms. The Morgan fingerprint density at radius 2 is 2.17 bits per heavy atom. The molecule has 5 rings (SSSR count). The van der Waals surface area contributed by atoms with Crippen LogP contribution in [0.2, 0.25) is 0 Å². The molecular weight excluding hydrogens is 313 g/mol. The molecule has 2 bridgehead atoms. The molecule has 1 aromatic carbocycles. The number of piperidine rings is 3. The van der Waals surface area contributed by atoms with Gasteiger partial charge in [-0.1, -0.05) is 6.07 Å². The van der Waals surface area contributed by atoms with Gasteiger partial charge in [0.2, 0.25) is 0 Å². The van der Waals surface area contributed by atoms with Gasteiger partial charge in [0.15, 0.2) is 0 Å². The minimum Gasteiger partial charge on any atom is -0.323 e. The number of urea groups is 1. The second kappa shape index (κ2) is 5.76. The van der Waals surface area contributed by atoms with Crippen LogP contribution in [0, 0.1) is 11.7 Å². The highest BCUT2D eigenvalue weighted by Gasteiger charge is 2.37. The van der Waals surface area contributed by atoms with E-state index in [9.17, 15) is 9.18 Å². The molecule has 0 unspecified atom stereocenters. The van der Waals surface area contributed by atoms with Gasteiger partial charge >= 0.3 is 6.03 Å². The maximum absolute atomic E-state index is 13.8. The molecule has 122 valence electrons. The average Bonchev–Trinajstić information content (AvgIpc) is 2.99. The number of likely N-dealkylation sites (N-methyl/N-ethyl adjacent to an activating group) is 1. The molecule has 0 radical (unpaired) electrons. The van der Waals surface area contributed by atoms with Crippen LogP contribution in [0.15, 0.2) is 24.3 Å². The highest BCUT2D eigenvalue weighted by atomic mass is 32.1. The van der Waals surface area contributed by atoms with Gasteiger partial charge in [0.25, 0.3) is 0 Å². The van der Waals surface area contributed by atoms with Crippen LogP contribution in [0.1, 0.15) is 12.8 Å². The number of benzene rings is 1. The lowest BCUT2D eigenvalue weighted by Crippen LogP contribution is -2.58. The van der Waals surface area contributed by atoms with Crippen molar-refractivity contribution in [1.29, 1.82) is 0 Å². The highest BCUT2D eigenvalue weighted by Crippen LogP contribution is 2.33. The van der Waals surface area contributed by atoms with E-state index in [-0.39, 0.29) is 17.9 Å². The standard InChI is InChI=1S/C17H20FN3OS/c1-20(14-10-21-7-5-11(14)6-8-21)17(22)19-16-9-12-13(18)3-2-4-15(12)23-16/h2-4,9,11,14H,5-8,10H2,1H3,(H,19,22)/t14-/m0/s1. The third-order valence-corrected chi connectivity index (χ3v) is 6.19. The van der Waals surface area contributed by atoms with Crippen molar-refractivity contribution in [1.82, 2.24) is 9.80 Å². The summed E-state index contributed by atoms with van der Waals surface area (Å²) in [6.07, 6.45) is 2.35. The van der Waals surface area contributed by atoms with Gasteiger partial charge in [0, 0.05) is 29.7 Å². The molecule has 4 nitrogen and oxygen atoms in total. The first-order valence-electron chi connectivity index (χ1n) is 8.06. The summed E-state index contributed by atoms with van der Waals surface area (Å²) in [6.45, 7) is 3.29. The van der Waals surface area contributed by atoms with E-state index in [0.29, 0.717) is 16.3 Å². The van der Waals surface area contributed by atoms with Crippen LogP contribution >= 0.6 is 11.3 Å². The van der Waals surface area contributed by atoms with Gasteiger partial charge in [-0.25, -0.2) is 9.18 Å². The van der Waals surface area contributed by atoms with Crippen molar-refractivity contribution in [3.05, 3.63) is 30.1 Å². The number of halogens is 1. The number of fused-ring (bicyclic) bond motifs is 4. The summed E-state index contributed by atoms with van der Waals surface area (Å²) < 4.78 is 14.6. The molecule has 3 aliphatic heterocycles. The van der Waals surface area contributed by atoms with Gasteiger partial charge in [-0.3, -0.25) is 5.32 Å². The second-order valence-corrected chi connectivity index (χ2v) is 7.59. The van der Waals surface area contributed by atoms with Crippen LogP contribution < -0.4 is 5.32 Å². The van der Waals surface area contributed by atoms with Gasteiger partial charge in [0.1, 0.15) is 5.82 Å². The number of thiophene rings is 1. The van der Waals surface area contributed by atoms with Crippen LogP contribution in [0.3, 0.4) is 0 Å². The molecule has 1 aromatic heterocycles. The van der Waals surface area contributed by atoms with Gasteiger partial charge in [-0.2, -0.15) is 0 Å². The number of amides is 2. The Morgan fingerprint density at radius 3 is 2.83 bits per heavy atom. The Kier molecular flexibility index (Phi) is 3.73. The summed E-state index contributed by atoms with van der Waals surface area (Å²) in [5.74, 6) is 0.362. The third-order valence-electron chi connectivity index (χ3n) is 5.18. The summed E-state index contributed by atoms with van der Waals surface area (Å²) in [7, 11) is 1.87. The number of nitrogens with zero attached hydrogens (tertiary/aromatic N) is 2. The van der Waals surface area contributed by atoms with E-state index in [1.807, 2.05) is 18.0 Å². The summed E-state index contributed by atoms with van der Waals surface area (Å²) in [6, 6.07) is 6.91. The molecule has 3 saturated heterocycles. The zero-order chi connectivity index (χ0) is 16.0. The van der Waals surface area contributed by atoms with Crippen molar-refractivity contribution in [3.63, 3.8) is 0 Å². The lowest BCUT2D eigenvalue weighted by molar-refractivity contribution is 0.0336. The molecule has 3 aliphatic rings. The number of carbonyl (C=O) groups excluding carboxylic acids is 1. The van der Waals surface area contributed by atoms with Crippen molar-refractivity contribution < 1.29 is 9.18 Å². The summed E-state index contributed by atoms with van der Waals surface area (Å²) in [5.41, 5.74) is 0. The van der Waals surface area contributed by atoms with Crippen molar-refractivity contribution in [2.45, 2.75) is 18.9 Å². The quantitative estimate of drug-likeness (QED) is 0.911. The van der Waals surface area contributed by atoms with Crippen molar-refractivity contribution in [2.24, 2.45) is 5.92 Å². The number of nitrogens with one attached hydrogen (secondary N) is 1. The van der Waals surface area contributed by atoms with E-state index in [1.165, 1.54) is 30.2 Å². The average molecular weight is 333 g/mol. The second-order valence-electron chi connectivity index (χ2n) is 6.51. The van der Waals surface area contributed by atoms with Gasteiger partial charge in [0.05, 0.1) is 5.00 Å². The van der Waals surface area contributed by atoms with Crippen LogP contribution in [0.4, 0.5) is 14.2 Å². The molecule has 0 spiro atoms. The number of anilines is 1. The number of carbonyl (C=O) groups is 1. The van der Waals surface area contributed by atoms with E-state index in [0.717, 1.165) is 24.3 Å². The van der Waals surface area contributed by atoms with Gasteiger partial charge < -0.3 is 9.80 Å². The lowest BCUT2D eigenvalue weighted by atomic mass is 9.83. The summed E-state index contributed by atoms with van der Waals surface area (Å²) in [5, 5.41) is 4.20. The Hall–Kier alpha value is -1.66. The highest BCUT2D eigenvalue weighted by molar-refractivity contribution is 7.22. The molecule has 1 atom stereocenters. The van der Waals surface area contributed by atoms with Crippen molar-refractivity contribution in [3.8, 4) is 0 Å². The van der Waals surface area contributed by atoms with Gasteiger partial charge in [-0.05, 0) is 50.0 Å². The smallest absolute Gasteiger partial charge is 0.322 e. The molecule has 0 aliphatic carbocycles. The zero-order valence-corrected chi connectivity index (χ0v) is 13.9. The Bertz CT molecular complexity index is 739. The summed E-state index contributed by atoms with van der Waals surface area (Å²) in [4.78, 5) is 16.8. The maximum Gasteiger partial charge on any atom is 0.322 e. The fraction of sp³-hybridized carbons (Fsp3) is 0.471. The van der Waals surface area contributed by atoms with Crippen LogP contribution in [0.5, 0.6) is 0 Å². The Labute approximate surface area is 138 Å². The number of hydrogen-bond donors (Lipinski definition) is 1. The Morgan fingerprint density at radius 1 is 1.39 bits per heavy atom. The fourth-order valence-electron chi connectivity index (χ4n) is 3.80. The predicted molar refractivity (Wildman–Crippen MR) is 91.5 cm³/mol. The van der Waals surface area contributed by atoms with E-state index in [2.05, 4.69) is 10.2 Å². The lowest BCUT2D eigenvalue weighted by Gasteiger charge is -2.47. The van der Waals surface area contributed by atoms with Crippen LogP contribution in [-0.4, -0.2) is 48.6 Å². The van der Waals surface area contributed by atoms with E-state index in [1.54, 1.807) is 12.1 Å². The minimum atomic E-state index is -0.245. The molecule has 3 fully saturated rings. The van der Waals surface area contributed by atoms with Crippen molar-refractivity contribution >= 4 is 32.5 Å². The molecule has 23 heavy (non-hydrogen) atoms. The number of hydrogen-bond acceptors (Lipinski definition) is 3. The topological polar surface area (TPSA) is 35.6 Å². The Balaban J connectivity index is 1.49. The molecule has 4 heterocycles. The normalized spacial score (nSPS) is 26.4. The maximum atomic E-state index is 13.8. The fourth-order valence-corrected chi connectivity index (χ4v) is 4.77. The van der Waals surface area contributed by atoms with Crippen LogP contribution in [-0.2, 0) is 0 Å². The molecule has 1 N–H and O–H groups in total. The van der Waals surface area contributed by atoms with E-state index in [4.69, 9.17) is 0 Å². The molecular formula is C17H20FN3OS. The first-order valence-corrected chi connectivity index (χ1v) is 8.87. The molecule has 2 aromatic rings. The zero-order valence-electron chi connectivity index (χ0n) is 13.1. The largest absolute Gasteiger partial charge is 0.323 e. The van der Waals surface area contributed by atoms with Crippen molar-refractivity contribution in [2.75, 3.05) is 32.0 Å². The third kappa shape index (κ3) is 2.70. The predicted octanol–water partition coefficient (Wildman–Crippen LogP) is 3.60. The summed E-state index contributed by atoms with van der Waals surface area (Å²) >= 11 is 1.41. The first kappa shape index (κ1) is 14.9. The monoisotopic (exact) mass is 333 g/mol. The molecule has 0 saturated carbocycles. The number of rotatable bonds is 2. The molecule has 2 amide bonds. The SMILES string of the molecule is CN(C(=O)Nc1cc2c(F)cccc2s1)[C@H]1CN2CCC1CC2. The van der Waals surface area contributed by atoms with Gasteiger partial charge in [-0.15, -0.1) is 11.3 Å². The van der Waals surface area contributed by atoms with E-state index >= 15 is 0 Å². The van der Waals surface area contributed by atoms with E-state index < -0.39 is 0 Å². The van der Waals surface area contributed by atoms with Crippen LogP contribution in [0.25, 0.3) is 10.1 Å².